The van der Waals surface area contributed by atoms with E-state index in [-0.39, 0.29) is 18.1 Å². The van der Waals surface area contributed by atoms with Crippen molar-refractivity contribution in [1.29, 1.82) is 0 Å². The number of rotatable bonds is 6. The molecule has 0 aliphatic carbocycles. The van der Waals surface area contributed by atoms with Crippen molar-refractivity contribution in [3.8, 4) is 5.69 Å². The molecule has 0 radical (unpaired) electrons. The van der Waals surface area contributed by atoms with Gasteiger partial charge >= 0.3 is 5.97 Å². The third kappa shape index (κ3) is 4.19. The van der Waals surface area contributed by atoms with E-state index in [2.05, 4.69) is 20.8 Å². The van der Waals surface area contributed by atoms with Crippen LogP contribution in [-0.2, 0) is 11.3 Å². The molecule has 0 saturated heterocycles. The number of hydrogen-bond acceptors (Lipinski definition) is 7. The quantitative estimate of drug-likeness (QED) is 0.494. The molecule has 1 amide bonds. The van der Waals surface area contributed by atoms with Gasteiger partial charge < -0.3 is 10.1 Å². The Bertz CT molecular complexity index is 1130. The van der Waals surface area contributed by atoms with Crippen molar-refractivity contribution in [3.63, 3.8) is 0 Å². The molecule has 0 aliphatic heterocycles. The maximum absolute atomic E-state index is 12.6. The number of para-hydroxylation sites is 2. The summed E-state index contributed by atoms with van der Waals surface area (Å²) in [6.45, 7) is -0.118. The molecule has 4 aromatic rings. The first kappa shape index (κ1) is 18.5. The van der Waals surface area contributed by atoms with Gasteiger partial charge in [-0.25, -0.2) is 4.79 Å². The van der Waals surface area contributed by atoms with Crippen molar-refractivity contribution in [2.24, 2.45) is 0 Å². The molecule has 0 spiro atoms. The van der Waals surface area contributed by atoms with Crippen LogP contribution in [0.3, 0.4) is 0 Å². The maximum atomic E-state index is 12.6. The number of carbonyl (C=O) groups is 2. The second kappa shape index (κ2) is 8.44. The molecule has 2 aromatic carbocycles. The van der Waals surface area contributed by atoms with Crippen LogP contribution in [0.25, 0.3) is 5.69 Å². The monoisotopic (exact) mass is 405 g/mol. The van der Waals surface area contributed by atoms with Crippen LogP contribution in [0.2, 0.25) is 0 Å². The summed E-state index contributed by atoms with van der Waals surface area (Å²) in [5.74, 6) is -0.502. The van der Waals surface area contributed by atoms with Crippen LogP contribution in [0, 0.1) is 0 Å². The fourth-order valence-corrected chi connectivity index (χ4v) is 3.27. The van der Waals surface area contributed by atoms with Gasteiger partial charge in [0.15, 0.2) is 12.4 Å². The van der Waals surface area contributed by atoms with Crippen LogP contribution in [0.1, 0.15) is 26.5 Å². The maximum Gasteiger partial charge on any atom is 0.340 e. The summed E-state index contributed by atoms with van der Waals surface area (Å²) in [7, 11) is 0. The minimum atomic E-state index is -0.589. The van der Waals surface area contributed by atoms with Crippen molar-refractivity contribution in [3.05, 3.63) is 88.4 Å². The van der Waals surface area contributed by atoms with Gasteiger partial charge in [0.25, 0.3) is 5.91 Å². The van der Waals surface area contributed by atoms with E-state index >= 15 is 0 Å². The van der Waals surface area contributed by atoms with E-state index in [4.69, 9.17) is 4.74 Å². The summed E-state index contributed by atoms with van der Waals surface area (Å²) >= 11 is 1.42. The summed E-state index contributed by atoms with van der Waals surface area (Å²) in [6, 6.07) is 17.7. The summed E-state index contributed by atoms with van der Waals surface area (Å²) in [5, 5.41) is 17.8. The van der Waals surface area contributed by atoms with E-state index in [0.717, 1.165) is 5.69 Å². The zero-order valence-electron chi connectivity index (χ0n) is 15.1. The smallest absolute Gasteiger partial charge is 0.340 e. The van der Waals surface area contributed by atoms with Crippen molar-refractivity contribution in [2.45, 2.75) is 6.61 Å². The van der Waals surface area contributed by atoms with Crippen molar-refractivity contribution in [1.82, 2.24) is 20.2 Å². The Labute approximate surface area is 169 Å². The van der Waals surface area contributed by atoms with Crippen LogP contribution in [0.15, 0.2) is 71.4 Å². The molecule has 8 nitrogen and oxygen atoms in total. The Morgan fingerprint density at radius 2 is 1.83 bits per heavy atom. The molecule has 0 saturated carbocycles. The number of aromatic nitrogens is 4. The number of carbonyl (C=O) groups excluding carboxylic acids is 2. The summed E-state index contributed by atoms with van der Waals surface area (Å²) in [6.07, 6.45) is 0. The molecule has 29 heavy (non-hydrogen) atoms. The highest BCUT2D eigenvalue weighted by Gasteiger charge is 2.17. The van der Waals surface area contributed by atoms with Gasteiger partial charge in [0.1, 0.15) is 0 Å². The van der Waals surface area contributed by atoms with Gasteiger partial charge in [-0.15, -0.1) is 5.10 Å². The molecule has 0 fully saturated rings. The third-order valence-electron chi connectivity index (χ3n) is 4.05. The highest BCUT2D eigenvalue weighted by molar-refractivity contribution is 7.08. The lowest BCUT2D eigenvalue weighted by atomic mass is 10.1. The number of hydrogen-bond donors (Lipinski definition) is 1. The Kier molecular flexibility index (Phi) is 5.39. The second-order valence-corrected chi connectivity index (χ2v) is 6.71. The average Bonchev–Trinajstić information content (AvgIpc) is 3.45. The van der Waals surface area contributed by atoms with Gasteiger partial charge in [0, 0.05) is 5.38 Å². The number of nitrogens with one attached hydrogen (secondary N) is 1. The molecular formula is C20H15N5O3S. The lowest BCUT2D eigenvalue weighted by molar-refractivity contribution is 0.0460. The number of amides is 1. The molecule has 0 aliphatic rings. The molecule has 4 rings (SSSR count). The Balaban J connectivity index is 1.48. The van der Waals surface area contributed by atoms with Gasteiger partial charge in [0.2, 0.25) is 0 Å². The van der Waals surface area contributed by atoms with Crippen molar-refractivity contribution < 1.29 is 14.3 Å². The molecule has 0 unspecified atom stereocenters. The fraction of sp³-hybridized carbons (Fsp3) is 0.0500. The zero-order chi connectivity index (χ0) is 20.1. The van der Waals surface area contributed by atoms with Crippen molar-refractivity contribution in [2.75, 3.05) is 5.32 Å². The van der Waals surface area contributed by atoms with Crippen molar-refractivity contribution >= 4 is 28.9 Å². The van der Waals surface area contributed by atoms with E-state index < -0.39 is 5.97 Å². The lowest BCUT2D eigenvalue weighted by Crippen LogP contribution is -2.16. The number of tetrazole rings is 1. The van der Waals surface area contributed by atoms with Gasteiger partial charge in [0.05, 0.1) is 22.5 Å². The number of anilines is 1. The van der Waals surface area contributed by atoms with E-state index in [1.165, 1.54) is 16.0 Å². The summed E-state index contributed by atoms with van der Waals surface area (Å²) in [5.41, 5.74) is 1.90. The van der Waals surface area contributed by atoms with Crippen LogP contribution < -0.4 is 5.32 Å². The summed E-state index contributed by atoms with van der Waals surface area (Å²) in [4.78, 5) is 24.9. The lowest BCUT2D eigenvalue weighted by Gasteiger charge is -2.10. The highest BCUT2D eigenvalue weighted by atomic mass is 32.1. The first-order valence-electron chi connectivity index (χ1n) is 8.65. The minimum Gasteiger partial charge on any atom is -0.454 e. The van der Waals surface area contributed by atoms with Crippen LogP contribution in [0.4, 0.5) is 5.69 Å². The molecule has 2 aromatic heterocycles. The second-order valence-electron chi connectivity index (χ2n) is 5.93. The predicted molar refractivity (Wildman–Crippen MR) is 107 cm³/mol. The van der Waals surface area contributed by atoms with E-state index in [0.29, 0.717) is 17.1 Å². The standard InChI is InChI=1S/C20H15N5O3S/c26-19(14-10-11-29-13-14)21-17-9-5-4-8-16(17)20(27)28-12-18-22-23-24-25(18)15-6-2-1-3-7-15/h1-11,13H,12H2,(H,21,26). The number of ether oxygens (including phenoxy) is 1. The van der Waals surface area contributed by atoms with E-state index in [9.17, 15) is 9.59 Å². The van der Waals surface area contributed by atoms with E-state index in [1.807, 2.05) is 35.7 Å². The first-order valence-corrected chi connectivity index (χ1v) is 9.59. The molecule has 0 atom stereocenters. The van der Waals surface area contributed by atoms with E-state index in [1.54, 1.807) is 35.7 Å². The minimum absolute atomic E-state index is 0.118. The molecular weight excluding hydrogens is 390 g/mol. The molecule has 1 N–H and O–H groups in total. The Hall–Kier alpha value is -3.85. The molecule has 9 heteroatoms. The Morgan fingerprint density at radius 1 is 1.03 bits per heavy atom. The number of esters is 1. The number of benzene rings is 2. The average molecular weight is 405 g/mol. The van der Waals surface area contributed by atoms with Gasteiger partial charge in [-0.1, -0.05) is 30.3 Å². The topological polar surface area (TPSA) is 99.0 Å². The fourth-order valence-electron chi connectivity index (χ4n) is 2.63. The van der Waals surface area contributed by atoms with Gasteiger partial charge in [-0.2, -0.15) is 16.0 Å². The van der Waals surface area contributed by atoms with Crippen LogP contribution >= 0.6 is 11.3 Å². The van der Waals surface area contributed by atoms with Gasteiger partial charge in [-0.05, 0) is 46.1 Å². The number of nitrogens with zero attached hydrogens (tertiary/aromatic N) is 4. The molecule has 144 valence electrons. The number of thiophene rings is 1. The Morgan fingerprint density at radius 3 is 2.62 bits per heavy atom. The largest absolute Gasteiger partial charge is 0.454 e. The third-order valence-corrected chi connectivity index (χ3v) is 4.73. The highest BCUT2D eigenvalue weighted by Crippen LogP contribution is 2.19. The molecule has 2 heterocycles. The normalized spacial score (nSPS) is 10.5. The van der Waals surface area contributed by atoms with Crippen LogP contribution in [0.5, 0.6) is 0 Å². The van der Waals surface area contributed by atoms with Gasteiger partial charge in [-0.3, -0.25) is 4.79 Å². The first-order chi connectivity index (χ1) is 14.2. The SMILES string of the molecule is O=C(Nc1ccccc1C(=O)OCc1nnnn1-c1ccccc1)c1ccsc1. The van der Waals surface area contributed by atoms with Crippen LogP contribution in [-0.4, -0.2) is 32.1 Å². The molecule has 0 bridgehead atoms. The predicted octanol–water partition coefficient (Wildman–Crippen LogP) is 3.33. The summed E-state index contributed by atoms with van der Waals surface area (Å²) < 4.78 is 6.89. The zero-order valence-corrected chi connectivity index (χ0v) is 15.9.